The van der Waals surface area contributed by atoms with E-state index in [9.17, 15) is 0 Å². The van der Waals surface area contributed by atoms with Gasteiger partial charge >= 0.3 is 0 Å². The molecule has 0 aromatic rings. The van der Waals surface area contributed by atoms with Crippen molar-refractivity contribution in [3.63, 3.8) is 0 Å². The maximum atomic E-state index is 4.19. The van der Waals surface area contributed by atoms with Crippen molar-refractivity contribution in [2.45, 2.75) is 78.2 Å². The topological polar surface area (TPSA) is 12.0 Å². The molecule has 128 valence electrons. The molecule has 1 heterocycles. The summed E-state index contributed by atoms with van der Waals surface area (Å²) in [6, 6.07) is 0.677. The van der Waals surface area contributed by atoms with Gasteiger partial charge in [-0.25, -0.2) is 0 Å². The van der Waals surface area contributed by atoms with Crippen molar-refractivity contribution in [3.8, 4) is 0 Å². The highest BCUT2D eigenvalue weighted by Gasteiger charge is 2.53. The van der Waals surface area contributed by atoms with Crippen molar-refractivity contribution in [1.82, 2.24) is 5.32 Å². The molecule has 0 aromatic heterocycles. The zero-order valence-electron chi connectivity index (χ0n) is 15.5. The first-order chi connectivity index (χ1) is 10.9. The van der Waals surface area contributed by atoms with Crippen LogP contribution in [0.5, 0.6) is 0 Å². The highest BCUT2D eigenvalue weighted by atomic mass is 15.0. The number of hydrogen-bond donors (Lipinski definition) is 1. The standard InChI is InChI=1S/C20H31N.C2H4/c1-13-5-7-16-15-6-8-18-20(4,11-9-14(2)21-18)17(15)10-12-19(13,16)3;1-2/h13,17-18,21H,2,5-12H2,1,3-4H3;1-2H2/t13-,17?,18?,19+,20+;/m0./s1. The van der Waals surface area contributed by atoms with Gasteiger partial charge in [-0.1, -0.05) is 38.5 Å². The molecular weight excluding hydrogens is 278 g/mol. The second kappa shape index (κ2) is 5.83. The predicted molar refractivity (Wildman–Crippen MR) is 100 cm³/mol. The number of allylic oxidation sites excluding steroid dienone is 3. The lowest BCUT2D eigenvalue weighted by Gasteiger charge is -2.56. The fourth-order valence-electron chi connectivity index (χ4n) is 6.27. The minimum Gasteiger partial charge on any atom is -0.386 e. The number of nitrogens with one attached hydrogen (secondary N) is 1. The van der Waals surface area contributed by atoms with Gasteiger partial charge in [0.2, 0.25) is 0 Å². The quantitative estimate of drug-likeness (QED) is 0.541. The molecule has 1 heteroatoms. The Morgan fingerprint density at radius 2 is 1.74 bits per heavy atom. The van der Waals surface area contributed by atoms with Gasteiger partial charge in [-0.15, -0.1) is 13.2 Å². The molecule has 1 saturated heterocycles. The average molecular weight is 314 g/mol. The largest absolute Gasteiger partial charge is 0.386 e. The summed E-state index contributed by atoms with van der Waals surface area (Å²) < 4.78 is 0. The molecule has 0 aromatic carbocycles. The van der Waals surface area contributed by atoms with E-state index in [0.29, 0.717) is 16.9 Å². The van der Waals surface area contributed by atoms with Crippen LogP contribution in [0, 0.1) is 22.7 Å². The van der Waals surface area contributed by atoms with Gasteiger partial charge in [0.1, 0.15) is 0 Å². The molecule has 0 bridgehead atoms. The summed E-state index contributed by atoms with van der Waals surface area (Å²) in [5, 5.41) is 3.75. The Kier molecular flexibility index (Phi) is 4.27. The molecule has 0 spiro atoms. The van der Waals surface area contributed by atoms with Crippen molar-refractivity contribution in [3.05, 3.63) is 36.6 Å². The van der Waals surface area contributed by atoms with Crippen LogP contribution in [0.3, 0.4) is 0 Å². The molecule has 3 fully saturated rings. The number of piperidine rings is 1. The predicted octanol–water partition coefficient (Wildman–Crippen LogP) is 6.00. The Bertz CT molecular complexity index is 530. The molecule has 4 rings (SSSR count). The third-order valence-electron chi connectivity index (χ3n) is 8.00. The summed E-state index contributed by atoms with van der Waals surface area (Å²) in [5.41, 5.74) is 6.11. The molecule has 23 heavy (non-hydrogen) atoms. The zero-order chi connectivity index (χ0) is 16.8. The lowest BCUT2D eigenvalue weighted by Crippen LogP contribution is -2.55. The molecule has 0 amide bonds. The van der Waals surface area contributed by atoms with Crippen molar-refractivity contribution in [1.29, 1.82) is 0 Å². The number of fused-ring (bicyclic) bond motifs is 4. The van der Waals surface area contributed by atoms with Crippen LogP contribution in [-0.2, 0) is 0 Å². The summed E-state index contributed by atoms with van der Waals surface area (Å²) in [5.74, 6) is 1.75. The fraction of sp³-hybridized carbons (Fsp3) is 0.727. The van der Waals surface area contributed by atoms with E-state index in [0.717, 1.165) is 11.8 Å². The second-order valence-electron chi connectivity index (χ2n) is 8.80. The third kappa shape index (κ3) is 2.34. The summed E-state index contributed by atoms with van der Waals surface area (Å²) in [7, 11) is 0. The van der Waals surface area contributed by atoms with Crippen molar-refractivity contribution >= 4 is 0 Å². The summed E-state index contributed by atoms with van der Waals surface area (Å²) in [6.07, 6.45) is 10.9. The van der Waals surface area contributed by atoms with Crippen LogP contribution in [0.15, 0.2) is 36.6 Å². The Morgan fingerprint density at radius 3 is 2.48 bits per heavy atom. The molecule has 1 nitrogen and oxygen atoms in total. The van der Waals surface area contributed by atoms with E-state index in [1.54, 1.807) is 0 Å². The first-order valence-corrected chi connectivity index (χ1v) is 9.62. The van der Waals surface area contributed by atoms with Crippen LogP contribution in [-0.4, -0.2) is 6.04 Å². The van der Waals surface area contributed by atoms with Gasteiger partial charge in [0.25, 0.3) is 0 Å². The van der Waals surface area contributed by atoms with Gasteiger partial charge in [0.15, 0.2) is 0 Å². The fourth-order valence-corrected chi connectivity index (χ4v) is 6.27. The lowest BCUT2D eigenvalue weighted by molar-refractivity contribution is 0.0537. The molecule has 5 atom stereocenters. The first kappa shape index (κ1) is 16.9. The van der Waals surface area contributed by atoms with E-state index in [1.807, 2.05) is 11.1 Å². The third-order valence-corrected chi connectivity index (χ3v) is 8.00. The van der Waals surface area contributed by atoms with Gasteiger partial charge in [-0.05, 0) is 74.0 Å². The van der Waals surface area contributed by atoms with Crippen LogP contribution in [0.4, 0.5) is 0 Å². The van der Waals surface area contributed by atoms with Gasteiger partial charge in [-0.3, -0.25) is 0 Å². The lowest BCUT2D eigenvalue weighted by atomic mass is 9.52. The molecular formula is C22H35N. The molecule has 3 aliphatic carbocycles. The molecule has 4 aliphatic rings. The first-order valence-electron chi connectivity index (χ1n) is 9.62. The van der Waals surface area contributed by atoms with Crippen LogP contribution in [0.2, 0.25) is 0 Å². The average Bonchev–Trinajstić information content (AvgIpc) is 2.86. The second-order valence-corrected chi connectivity index (χ2v) is 8.80. The minimum atomic E-state index is 0.481. The van der Waals surface area contributed by atoms with Crippen molar-refractivity contribution < 1.29 is 0 Å². The van der Waals surface area contributed by atoms with E-state index in [-0.39, 0.29) is 0 Å². The summed E-state index contributed by atoms with van der Waals surface area (Å²) >= 11 is 0. The maximum Gasteiger partial charge on any atom is 0.0320 e. The Labute approximate surface area is 143 Å². The number of rotatable bonds is 0. The van der Waals surface area contributed by atoms with Crippen molar-refractivity contribution in [2.24, 2.45) is 22.7 Å². The molecule has 0 radical (unpaired) electrons. The summed E-state index contributed by atoms with van der Waals surface area (Å²) in [4.78, 5) is 0. The minimum absolute atomic E-state index is 0.481. The van der Waals surface area contributed by atoms with Gasteiger partial charge in [0.05, 0.1) is 0 Å². The van der Waals surface area contributed by atoms with E-state index >= 15 is 0 Å². The van der Waals surface area contributed by atoms with Gasteiger partial charge in [-0.2, -0.15) is 0 Å². The summed E-state index contributed by atoms with van der Waals surface area (Å²) in [6.45, 7) is 17.8. The molecule has 2 saturated carbocycles. The smallest absolute Gasteiger partial charge is 0.0320 e. The van der Waals surface area contributed by atoms with E-state index in [1.165, 1.54) is 57.1 Å². The highest BCUT2D eigenvalue weighted by Crippen LogP contribution is 2.62. The molecule has 2 unspecified atom stereocenters. The van der Waals surface area contributed by atoms with E-state index < -0.39 is 0 Å². The Hall–Kier alpha value is -0.980. The van der Waals surface area contributed by atoms with Crippen LogP contribution >= 0.6 is 0 Å². The van der Waals surface area contributed by atoms with Gasteiger partial charge in [0, 0.05) is 11.7 Å². The Morgan fingerprint density at radius 1 is 1.00 bits per heavy atom. The van der Waals surface area contributed by atoms with Gasteiger partial charge < -0.3 is 5.32 Å². The van der Waals surface area contributed by atoms with E-state index in [4.69, 9.17) is 0 Å². The zero-order valence-corrected chi connectivity index (χ0v) is 15.5. The Balaban J connectivity index is 0.000000753. The highest BCUT2D eigenvalue weighted by molar-refractivity contribution is 5.35. The molecule has 1 aliphatic heterocycles. The van der Waals surface area contributed by atoms with Crippen LogP contribution in [0.1, 0.15) is 72.1 Å². The van der Waals surface area contributed by atoms with Crippen LogP contribution in [0.25, 0.3) is 0 Å². The maximum absolute atomic E-state index is 4.19. The van der Waals surface area contributed by atoms with Crippen molar-refractivity contribution in [2.75, 3.05) is 0 Å². The normalized spacial score (nSPS) is 45.2. The monoisotopic (exact) mass is 313 g/mol. The van der Waals surface area contributed by atoms with Crippen LogP contribution < -0.4 is 5.32 Å². The van der Waals surface area contributed by atoms with E-state index in [2.05, 4.69) is 45.8 Å². The molecule has 1 N–H and O–H groups in total. The SMILES string of the molecule is C=C.C=C1CC[C@@]2(C)C(CCC3=C4CC[C@H](C)[C@@]4(C)CCC32)N1. The number of hydrogen-bond acceptors (Lipinski definition) is 1.